The maximum Gasteiger partial charge on any atom is 0.408 e. The van der Waals surface area contributed by atoms with Crippen molar-refractivity contribution in [2.45, 2.75) is 77.9 Å². The van der Waals surface area contributed by atoms with Crippen molar-refractivity contribution < 1.29 is 33.3 Å². The Morgan fingerprint density at radius 2 is 1.70 bits per heavy atom. The molecule has 1 aromatic carbocycles. The quantitative estimate of drug-likeness (QED) is 0.197. The van der Waals surface area contributed by atoms with Crippen molar-refractivity contribution in [3.63, 3.8) is 0 Å². The molecule has 1 amide bonds. The summed E-state index contributed by atoms with van der Waals surface area (Å²) in [6, 6.07) is 6.64. The second-order valence-corrected chi connectivity index (χ2v) is 15.5. The van der Waals surface area contributed by atoms with E-state index in [0.29, 0.717) is 24.3 Å². The summed E-state index contributed by atoms with van der Waals surface area (Å²) in [6.07, 6.45) is -0.0430. The first-order chi connectivity index (χ1) is 15.3. The van der Waals surface area contributed by atoms with Crippen molar-refractivity contribution in [2.75, 3.05) is 19.8 Å². The summed E-state index contributed by atoms with van der Waals surface area (Å²) in [4.78, 5) is 37.0. The number of benzene rings is 1. The largest absolute Gasteiger partial charge is 0.493 e. The number of carbonyl (C=O) groups is 3. The lowest BCUT2D eigenvalue weighted by Gasteiger charge is -2.24. The summed E-state index contributed by atoms with van der Waals surface area (Å²) >= 11 is 0. The van der Waals surface area contributed by atoms with Crippen LogP contribution >= 0.6 is 0 Å². The van der Waals surface area contributed by atoms with Gasteiger partial charge in [0.25, 0.3) is 0 Å². The molecule has 1 atom stereocenters. The van der Waals surface area contributed by atoms with Gasteiger partial charge in [0.15, 0.2) is 6.04 Å². The number of carbonyl (C=O) groups excluding carboxylic acids is 3. The van der Waals surface area contributed by atoms with E-state index in [0.717, 1.165) is 6.04 Å². The molecule has 1 aromatic rings. The van der Waals surface area contributed by atoms with Gasteiger partial charge >= 0.3 is 18.0 Å². The molecular weight excluding hydrogens is 442 g/mol. The summed E-state index contributed by atoms with van der Waals surface area (Å²) in [6.45, 7) is 14.4. The standard InChI is InChI=1S/C24H39NO7Si/c1-8-29-20(26)14-11-15-30-19-13-10-9-12-18(19)21(25-23(28)32-24(2,3)4)22(27)31-16-17-33(5,6)7/h9-10,12-13,21H,8,11,14-17H2,1-7H3,(H,25,28). The van der Waals surface area contributed by atoms with E-state index in [1.807, 2.05) is 0 Å². The highest BCUT2D eigenvalue weighted by Crippen LogP contribution is 2.27. The van der Waals surface area contributed by atoms with Gasteiger partial charge in [-0.3, -0.25) is 4.79 Å². The van der Waals surface area contributed by atoms with Gasteiger partial charge in [-0.05, 0) is 46.2 Å². The highest BCUT2D eigenvalue weighted by atomic mass is 28.3. The van der Waals surface area contributed by atoms with Crippen LogP contribution in [0.25, 0.3) is 0 Å². The van der Waals surface area contributed by atoms with E-state index in [2.05, 4.69) is 25.0 Å². The van der Waals surface area contributed by atoms with Crippen molar-refractivity contribution in [1.29, 1.82) is 0 Å². The third-order valence-corrected chi connectivity index (χ3v) is 6.02. The molecular formula is C24H39NO7Si. The van der Waals surface area contributed by atoms with Crippen LogP contribution in [0, 0.1) is 0 Å². The van der Waals surface area contributed by atoms with Crippen molar-refractivity contribution in [3.05, 3.63) is 29.8 Å². The lowest BCUT2D eigenvalue weighted by atomic mass is 10.1. The third-order valence-electron chi connectivity index (χ3n) is 4.31. The van der Waals surface area contributed by atoms with Gasteiger partial charge in [-0.25, -0.2) is 9.59 Å². The molecule has 1 rings (SSSR count). The summed E-state index contributed by atoms with van der Waals surface area (Å²) in [5.74, 6) is -0.448. The van der Waals surface area contributed by atoms with E-state index in [4.69, 9.17) is 18.9 Å². The number of hydrogen-bond donors (Lipinski definition) is 1. The molecule has 0 saturated carbocycles. The average Bonchev–Trinajstić information content (AvgIpc) is 2.67. The Balaban J connectivity index is 2.98. The third kappa shape index (κ3) is 12.3. The SMILES string of the molecule is CCOC(=O)CCCOc1ccccc1C(NC(=O)OC(C)(C)C)C(=O)OCC[Si](C)(C)C. The zero-order valence-corrected chi connectivity index (χ0v) is 22.0. The van der Waals surface area contributed by atoms with Gasteiger partial charge in [0.1, 0.15) is 11.4 Å². The number of ether oxygens (including phenoxy) is 4. The monoisotopic (exact) mass is 481 g/mol. The first kappa shape index (κ1) is 28.5. The van der Waals surface area contributed by atoms with Crippen LogP contribution in [0.15, 0.2) is 24.3 Å². The van der Waals surface area contributed by atoms with Crippen molar-refractivity contribution >= 4 is 26.1 Å². The van der Waals surface area contributed by atoms with Crippen LogP contribution in [0.1, 0.15) is 52.1 Å². The molecule has 1 unspecified atom stereocenters. The second-order valence-electron chi connectivity index (χ2n) is 9.85. The smallest absolute Gasteiger partial charge is 0.408 e. The van der Waals surface area contributed by atoms with Crippen molar-refractivity contribution in [1.82, 2.24) is 5.32 Å². The fraction of sp³-hybridized carbons (Fsp3) is 0.625. The van der Waals surface area contributed by atoms with Crippen LogP contribution in [0.2, 0.25) is 25.7 Å². The number of esters is 2. The lowest BCUT2D eigenvalue weighted by molar-refractivity contribution is -0.146. The van der Waals surface area contributed by atoms with E-state index in [-0.39, 0.29) is 25.6 Å². The molecule has 186 valence electrons. The normalized spacial score (nSPS) is 12.5. The Labute approximate surface area is 198 Å². The number of nitrogens with one attached hydrogen (secondary N) is 1. The minimum absolute atomic E-state index is 0.230. The van der Waals surface area contributed by atoms with Gasteiger partial charge in [0.05, 0.1) is 19.8 Å². The topological polar surface area (TPSA) is 100 Å². The molecule has 0 aliphatic heterocycles. The Morgan fingerprint density at radius 1 is 1.03 bits per heavy atom. The molecule has 0 fully saturated rings. The first-order valence-corrected chi connectivity index (χ1v) is 15.1. The van der Waals surface area contributed by atoms with Gasteiger partial charge in [0, 0.05) is 20.1 Å². The van der Waals surface area contributed by atoms with Crippen LogP contribution in [0.4, 0.5) is 4.79 Å². The molecule has 8 nitrogen and oxygen atoms in total. The van der Waals surface area contributed by atoms with Gasteiger partial charge in [-0.15, -0.1) is 0 Å². The molecule has 0 aliphatic rings. The minimum Gasteiger partial charge on any atom is -0.493 e. The summed E-state index contributed by atoms with van der Waals surface area (Å²) in [7, 11) is -1.40. The number of rotatable bonds is 12. The van der Waals surface area contributed by atoms with E-state index < -0.39 is 31.8 Å². The molecule has 9 heteroatoms. The van der Waals surface area contributed by atoms with Crippen molar-refractivity contribution in [2.24, 2.45) is 0 Å². The molecule has 0 spiro atoms. The summed E-state index contributed by atoms with van der Waals surface area (Å²) < 4.78 is 21.6. The highest BCUT2D eigenvalue weighted by molar-refractivity contribution is 6.76. The van der Waals surface area contributed by atoms with E-state index in [1.165, 1.54) is 0 Å². The predicted octanol–water partition coefficient (Wildman–Crippen LogP) is 4.86. The molecule has 1 N–H and O–H groups in total. The number of amides is 1. The van der Waals surface area contributed by atoms with Gasteiger partial charge in [-0.1, -0.05) is 37.8 Å². The molecule has 0 aliphatic carbocycles. The summed E-state index contributed by atoms with van der Waals surface area (Å²) in [5, 5.41) is 2.62. The lowest BCUT2D eigenvalue weighted by Crippen LogP contribution is -2.39. The molecule has 0 bridgehead atoms. The molecule has 0 aromatic heterocycles. The average molecular weight is 482 g/mol. The van der Waals surface area contributed by atoms with Crippen LogP contribution in [0.5, 0.6) is 5.75 Å². The Hall–Kier alpha value is -2.55. The van der Waals surface area contributed by atoms with E-state index in [1.54, 1.807) is 52.0 Å². The molecule has 0 heterocycles. The van der Waals surface area contributed by atoms with E-state index >= 15 is 0 Å². The maximum absolute atomic E-state index is 13.0. The summed E-state index contributed by atoms with van der Waals surface area (Å²) in [5.41, 5.74) is -0.267. The van der Waals surface area contributed by atoms with Crippen LogP contribution in [-0.2, 0) is 23.8 Å². The van der Waals surface area contributed by atoms with Crippen molar-refractivity contribution in [3.8, 4) is 5.75 Å². The number of hydrogen-bond acceptors (Lipinski definition) is 7. The van der Waals surface area contributed by atoms with Gasteiger partial charge < -0.3 is 24.3 Å². The van der Waals surface area contributed by atoms with Crippen LogP contribution in [-0.4, -0.2) is 51.5 Å². The minimum atomic E-state index is -1.40. The Morgan fingerprint density at radius 3 is 2.30 bits per heavy atom. The zero-order chi connectivity index (χ0) is 25.1. The molecule has 0 saturated heterocycles. The van der Waals surface area contributed by atoms with Gasteiger partial charge in [0.2, 0.25) is 0 Å². The highest BCUT2D eigenvalue weighted by Gasteiger charge is 2.30. The predicted molar refractivity (Wildman–Crippen MR) is 129 cm³/mol. The molecule has 0 radical (unpaired) electrons. The number of alkyl carbamates (subject to hydrolysis) is 1. The zero-order valence-electron chi connectivity index (χ0n) is 21.0. The molecule has 33 heavy (non-hydrogen) atoms. The Bertz CT molecular complexity index is 784. The van der Waals surface area contributed by atoms with Gasteiger partial charge in [-0.2, -0.15) is 0 Å². The van der Waals surface area contributed by atoms with E-state index in [9.17, 15) is 14.4 Å². The number of para-hydroxylation sites is 1. The fourth-order valence-electron chi connectivity index (χ4n) is 2.71. The van der Waals surface area contributed by atoms with Crippen LogP contribution < -0.4 is 10.1 Å². The fourth-order valence-corrected chi connectivity index (χ4v) is 3.43. The van der Waals surface area contributed by atoms with Crippen LogP contribution in [0.3, 0.4) is 0 Å². The Kier molecular flexibility index (Phi) is 11.4. The second kappa shape index (κ2) is 13.2. The first-order valence-electron chi connectivity index (χ1n) is 11.4. The maximum atomic E-state index is 13.0.